The van der Waals surface area contributed by atoms with Gasteiger partial charge in [0.05, 0.1) is 10.6 Å². The van der Waals surface area contributed by atoms with Crippen LogP contribution in [0.3, 0.4) is 0 Å². The van der Waals surface area contributed by atoms with Gasteiger partial charge in [0.15, 0.2) is 16.7 Å². The van der Waals surface area contributed by atoms with Crippen molar-refractivity contribution < 1.29 is 14.3 Å². The monoisotopic (exact) mass is 408 g/mol. The highest BCUT2D eigenvalue weighted by molar-refractivity contribution is 8.18. The van der Waals surface area contributed by atoms with Crippen molar-refractivity contribution in [3.63, 3.8) is 0 Å². The molecule has 0 saturated carbocycles. The third-order valence-corrected chi connectivity index (χ3v) is 5.57. The molecule has 0 N–H and O–H groups in total. The molecule has 0 radical (unpaired) electrons. The number of ether oxygens (including phenoxy) is 2. The summed E-state index contributed by atoms with van der Waals surface area (Å²) in [6, 6.07) is 13.7. The maximum absolute atomic E-state index is 13.1. The maximum Gasteiger partial charge on any atom is 0.266 e. The predicted molar refractivity (Wildman–Crippen MR) is 118 cm³/mol. The Balaban J connectivity index is 1.65. The molecule has 2 aromatic rings. The van der Waals surface area contributed by atoms with E-state index in [1.165, 1.54) is 17.3 Å². The summed E-state index contributed by atoms with van der Waals surface area (Å²) in [5.74, 6) is 1.79. The summed E-state index contributed by atoms with van der Waals surface area (Å²) in [7, 11) is 0. The normalized spacial score (nSPS) is 18.9. The summed E-state index contributed by atoms with van der Waals surface area (Å²) in [5, 5.41) is 0.719. The van der Waals surface area contributed by atoms with Gasteiger partial charge in [0.2, 0.25) is 0 Å². The van der Waals surface area contributed by atoms with E-state index in [1.807, 2.05) is 55.5 Å². The molecule has 0 aromatic heterocycles. The Kier molecular flexibility index (Phi) is 5.62. The Morgan fingerprint density at radius 1 is 1.10 bits per heavy atom. The van der Waals surface area contributed by atoms with Crippen molar-refractivity contribution >= 4 is 34.6 Å². The molecule has 0 unspecified atom stereocenters. The van der Waals surface area contributed by atoms with Gasteiger partial charge < -0.3 is 9.47 Å². The molecule has 6 heteroatoms. The largest absolute Gasteiger partial charge is 0.486 e. The molecule has 1 amide bonds. The summed E-state index contributed by atoms with van der Waals surface area (Å²) >= 11 is 1.42. The fourth-order valence-electron chi connectivity index (χ4n) is 3.15. The Bertz CT molecular complexity index is 980. The molecule has 150 valence electrons. The zero-order valence-corrected chi connectivity index (χ0v) is 17.7. The van der Waals surface area contributed by atoms with Crippen LogP contribution in [0.1, 0.15) is 25.0 Å². The average molecular weight is 409 g/mol. The molecule has 0 aliphatic carbocycles. The highest BCUT2D eigenvalue weighted by Gasteiger charge is 2.33. The van der Waals surface area contributed by atoms with E-state index in [4.69, 9.17) is 14.5 Å². The number of fused-ring (bicyclic) bond motifs is 1. The number of carbonyl (C=O) groups excluding carboxylic acids is 1. The van der Waals surface area contributed by atoms with Gasteiger partial charge in [-0.25, -0.2) is 4.99 Å². The standard InChI is InChI=1S/C23H24N2O3S/c1-15(2)14-25-22(26)21(29-23(25)24-18-7-4-16(3)5-8-18)13-17-6-9-19-20(12-17)28-11-10-27-19/h4-9,12-13,15H,10-11,14H2,1-3H3. The van der Waals surface area contributed by atoms with E-state index < -0.39 is 0 Å². The number of amides is 1. The van der Waals surface area contributed by atoms with Gasteiger partial charge in [-0.05, 0) is 60.5 Å². The van der Waals surface area contributed by atoms with Crippen LogP contribution in [0.4, 0.5) is 5.69 Å². The van der Waals surface area contributed by atoms with E-state index in [0.29, 0.717) is 36.3 Å². The van der Waals surface area contributed by atoms with Gasteiger partial charge in [0, 0.05) is 6.54 Å². The molecule has 2 aliphatic heterocycles. The number of amidine groups is 1. The molecule has 29 heavy (non-hydrogen) atoms. The number of aryl methyl sites for hydroxylation is 1. The van der Waals surface area contributed by atoms with Gasteiger partial charge >= 0.3 is 0 Å². The lowest BCUT2D eigenvalue weighted by atomic mass is 10.1. The van der Waals surface area contributed by atoms with Crippen molar-refractivity contribution in [1.82, 2.24) is 4.90 Å². The number of nitrogens with zero attached hydrogens (tertiary/aromatic N) is 2. The lowest BCUT2D eigenvalue weighted by molar-refractivity contribution is -0.122. The zero-order valence-electron chi connectivity index (χ0n) is 16.8. The molecule has 1 saturated heterocycles. The highest BCUT2D eigenvalue weighted by Crippen LogP contribution is 2.36. The third-order valence-electron chi connectivity index (χ3n) is 4.56. The fraction of sp³-hybridized carbons (Fsp3) is 0.304. The maximum atomic E-state index is 13.1. The van der Waals surface area contributed by atoms with Crippen LogP contribution in [0.25, 0.3) is 6.08 Å². The van der Waals surface area contributed by atoms with Crippen LogP contribution in [-0.4, -0.2) is 35.7 Å². The van der Waals surface area contributed by atoms with E-state index in [2.05, 4.69) is 13.8 Å². The van der Waals surface area contributed by atoms with Crippen molar-refractivity contribution in [1.29, 1.82) is 0 Å². The lowest BCUT2D eigenvalue weighted by Gasteiger charge is -2.18. The number of hydrogen-bond acceptors (Lipinski definition) is 5. The van der Waals surface area contributed by atoms with E-state index >= 15 is 0 Å². The summed E-state index contributed by atoms with van der Waals surface area (Å²) in [6.07, 6.45) is 1.90. The molecule has 2 aliphatic rings. The lowest BCUT2D eigenvalue weighted by Crippen LogP contribution is -2.32. The SMILES string of the molecule is Cc1ccc(N=C2SC(=Cc3ccc4c(c3)OCCO4)C(=O)N2CC(C)C)cc1. The minimum absolute atomic E-state index is 0.00977. The topological polar surface area (TPSA) is 51.1 Å². The average Bonchev–Trinajstić information content (AvgIpc) is 2.98. The molecule has 4 rings (SSSR count). The molecular weight excluding hydrogens is 384 g/mol. The molecule has 5 nitrogen and oxygen atoms in total. The number of hydrogen-bond donors (Lipinski definition) is 0. The molecule has 2 aromatic carbocycles. The Morgan fingerprint density at radius 3 is 2.55 bits per heavy atom. The quantitative estimate of drug-likeness (QED) is 0.666. The number of aliphatic imine (C=N–C) groups is 1. The minimum atomic E-state index is -0.00977. The van der Waals surface area contributed by atoms with E-state index in [0.717, 1.165) is 22.2 Å². The Labute approximate surface area is 175 Å². The molecule has 0 spiro atoms. The van der Waals surface area contributed by atoms with Crippen molar-refractivity contribution in [2.45, 2.75) is 20.8 Å². The zero-order chi connectivity index (χ0) is 20.4. The van der Waals surface area contributed by atoms with Crippen molar-refractivity contribution in [3.05, 3.63) is 58.5 Å². The van der Waals surface area contributed by atoms with Crippen molar-refractivity contribution in [2.24, 2.45) is 10.9 Å². The van der Waals surface area contributed by atoms with Crippen LogP contribution in [-0.2, 0) is 4.79 Å². The molecule has 0 atom stereocenters. The minimum Gasteiger partial charge on any atom is -0.486 e. The smallest absolute Gasteiger partial charge is 0.266 e. The first kappa shape index (κ1) is 19.6. The van der Waals surface area contributed by atoms with Crippen LogP contribution in [0.2, 0.25) is 0 Å². The fourth-order valence-corrected chi connectivity index (χ4v) is 4.16. The summed E-state index contributed by atoms with van der Waals surface area (Å²) in [6.45, 7) is 7.98. The van der Waals surface area contributed by atoms with Crippen LogP contribution in [0.5, 0.6) is 11.5 Å². The van der Waals surface area contributed by atoms with Gasteiger partial charge in [0.1, 0.15) is 13.2 Å². The van der Waals surface area contributed by atoms with E-state index in [-0.39, 0.29) is 5.91 Å². The first-order chi connectivity index (χ1) is 14.0. The third kappa shape index (κ3) is 4.48. The summed E-state index contributed by atoms with van der Waals surface area (Å²) in [5.41, 5.74) is 2.94. The second kappa shape index (κ2) is 8.33. The van der Waals surface area contributed by atoms with Gasteiger partial charge in [-0.3, -0.25) is 9.69 Å². The number of thioether (sulfide) groups is 1. The molecule has 0 bridgehead atoms. The van der Waals surface area contributed by atoms with Gasteiger partial charge in [-0.1, -0.05) is 37.6 Å². The van der Waals surface area contributed by atoms with Crippen LogP contribution in [0, 0.1) is 12.8 Å². The van der Waals surface area contributed by atoms with Gasteiger partial charge in [-0.2, -0.15) is 0 Å². The molecular formula is C23H24N2O3S. The highest BCUT2D eigenvalue weighted by atomic mass is 32.2. The first-order valence-electron chi connectivity index (χ1n) is 9.76. The second-order valence-corrected chi connectivity index (χ2v) is 8.56. The Hall–Kier alpha value is -2.73. The van der Waals surface area contributed by atoms with Crippen LogP contribution in [0.15, 0.2) is 52.4 Å². The number of benzene rings is 2. The molecule has 1 fully saturated rings. The van der Waals surface area contributed by atoms with Gasteiger partial charge in [-0.15, -0.1) is 0 Å². The van der Waals surface area contributed by atoms with Crippen molar-refractivity contribution in [2.75, 3.05) is 19.8 Å². The molecule has 2 heterocycles. The Morgan fingerprint density at radius 2 is 1.83 bits per heavy atom. The second-order valence-electron chi connectivity index (χ2n) is 7.55. The van der Waals surface area contributed by atoms with E-state index in [1.54, 1.807) is 4.90 Å². The summed E-state index contributed by atoms with van der Waals surface area (Å²) in [4.78, 5) is 20.3. The van der Waals surface area contributed by atoms with Crippen LogP contribution >= 0.6 is 11.8 Å². The summed E-state index contributed by atoms with van der Waals surface area (Å²) < 4.78 is 11.2. The van der Waals surface area contributed by atoms with Crippen molar-refractivity contribution in [3.8, 4) is 11.5 Å². The first-order valence-corrected chi connectivity index (χ1v) is 10.6. The van der Waals surface area contributed by atoms with Gasteiger partial charge in [0.25, 0.3) is 5.91 Å². The number of carbonyl (C=O) groups is 1. The number of rotatable bonds is 4. The predicted octanol–water partition coefficient (Wildman–Crippen LogP) is 5.03. The van der Waals surface area contributed by atoms with Crippen LogP contribution < -0.4 is 9.47 Å². The van der Waals surface area contributed by atoms with E-state index in [9.17, 15) is 4.79 Å².